The Balaban J connectivity index is 1.53. The van der Waals surface area contributed by atoms with Crippen molar-refractivity contribution < 1.29 is 19.1 Å². The fourth-order valence-electron chi connectivity index (χ4n) is 4.38. The van der Waals surface area contributed by atoms with Crippen LogP contribution in [0, 0.1) is 18.2 Å². The molecule has 2 atom stereocenters. The highest BCUT2D eigenvalue weighted by Gasteiger charge is 2.35. The fraction of sp³-hybridized carbons (Fsp3) is 0.259. The molecule has 3 aromatic rings. The van der Waals surface area contributed by atoms with Crippen molar-refractivity contribution in [3.63, 3.8) is 0 Å². The summed E-state index contributed by atoms with van der Waals surface area (Å²) in [5.41, 5.74) is 5.71. The number of amides is 2. The van der Waals surface area contributed by atoms with Crippen molar-refractivity contribution in [1.29, 1.82) is 5.41 Å². The molecule has 1 aromatic heterocycles. The molecule has 208 valence electrons. The molecule has 40 heavy (non-hydrogen) atoms. The number of anilines is 1. The molecule has 0 unspecified atom stereocenters. The Labute approximate surface area is 235 Å². The second-order valence-electron chi connectivity index (χ2n) is 9.17. The van der Waals surface area contributed by atoms with Crippen molar-refractivity contribution in [2.45, 2.75) is 32.5 Å². The Bertz CT molecular complexity index is 1480. The summed E-state index contributed by atoms with van der Waals surface area (Å²) in [5.74, 6) is -0.967. The summed E-state index contributed by atoms with van der Waals surface area (Å²) in [4.78, 5) is 36.4. The Morgan fingerprint density at radius 2 is 2.10 bits per heavy atom. The van der Waals surface area contributed by atoms with Crippen LogP contribution in [-0.4, -0.2) is 63.5 Å². The molecule has 0 aliphatic carbocycles. The molecule has 2 amide bonds. The monoisotopic (exact) mass is 566 g/mol. The molecule has 11 nitrogen and oxygen atoms in total. The van der Waals surface area contributed by atoms with Gasteiger partial charge in [0.15, 0.2) is 5.84 Å². The van der Waals surface area contributed by atoms with E-state index in [0.29, 0.717) is 27.9 Å². The van der Waals surface area contributed by atoms with E-state index in [1.807, 2.05) is 0 Å². The van der Waals surface area contributed by atoms with E-state index >= 15 is 0 Å². The van der Waals surface area contributed by atoms with Gasteiger partial charge in [0.25, 0.3) is 5.91 Å². The van der Waals surface area contributed by atoms with E-state index in [9.17, 15) is 19.1 Å². The Hall–Kier alpha value is -4.42. The minimum atomic E-state index is -0.864. The Kier molecular flexibility index (Phi) is 8.70. The van der Waals surface area contributed by atoms with Crippen LogP contribution in [0.15, 0.2) is 47.7 Å². The number of hydrazone groups is 1. The second-order valence-corrected chi connectivity index (χ2v) is 9.57. The molecule has 0 saturated carbocycles. The smallest absolute Gasteiger partial charge is 0.255 e. The predicted molar refractivity (Wildman–Crippen MR) is 150 cm³/mol. The topological polar surface area (TPSA) is 156 Å². The first kappa shape index (κ1) is 28.6. The minimum absolute atomic E-state index is 0.155. The molecule has 13 heteroatoms. The Morgan fingerprint density at radius 3 is 2.77 bits per heavy atom. The van der Waals surface area contributed by atoms with E-state index < -0.39 is 30.4 Å². The third-order valence-electron chi connectivity index (χ3n) is 6.38. The lowest BCUT2D eigenvalue weighted by Gasteiger charge is -2.26. The maximum Gasteiger partial charge on any atom is 0.255 e. The van der Waals surface area contributed by atoms with Gasteiger partial charge in [-0.2, -0.15) is 5.10 Å². The number of nitrogens with one attached hydrogen (secondary N) is 4. The fourth-order valence-corrected chi connectivity index (χ4v) is 4.58. The molecule has 0 saturated heterocycles. The van der Waals surface area contributed by atoms with Crippen molar-refractivity contribution in [2.75, 3.05) is 19.0 Å². The molecule has 0 bridgehead atoms. The van der Waals surface area contributed by atoms with E-state index in [-0.39, 0.29) is 29.3 Å². The lowest BCUT2D eigenvalue weighted by molar-refractivity contribution is -0.126. The number of rotatable bonds is 9. The molecule has 0 fully saturated rings. The highest BCUT2D eigenvalue weighted by molar-refractivity contribution is 6.34. The van der Waals surface area contributed by atoms with Gasteiger partial charge in [0.05, 0.1) is 35.8 Å². The quantitative estimate of drug-likeness (QED) is 0.151. The number of hydrogen-bond donors (Lipinski definition) is 5. The lowest BCUT2D eigenvalue weighted by Crippen LogP contribution is -2.46. The largest absolute Gasteiger partial charge is 0.394 e. The number of benzene rings is 2. The summed E-state index contributed by atoms with van der Waals surface area (Å²) in [6.07, 6.45) is 2.40. The van der Waals surface area contributed by atoms with Crippen molar-refractivity contribution >= 4 is 41.4 Å². The highest BCUT2D eigenvalue weighted by atomic mass is 35.5. The van der Waals surface area contributed by atoms with Crippen molar-refractivity contribution in [1.82, 2.24) is 25.6 Å². The van der Waals surface area contributed by atoms with Gasteiger partial charge in [-0.1, -0.05) is 29.8 Å². The van der Waals surface area contributed by atoms with Crippen LogP contribution in [0.4, 0.5) is 10.3 Å². The summed E-state index contributed by atoms with van der Waals surface area (Å²) in [6, 6.07) is 7.81. The Morgan fingerprint density at radius 1 is 1.32 bits per heavy atom. The van der Waals surface area contributed by atoms with Crippen molar-refractivity contribution in [3.8, 4) is 11.3 Å². The second kappa shape index (κ2) is 12.2. The van der Waals surface area contributed by atoms with Gasteiger partial charge >= 0.3 is 0 Å². The molecule has 1 aliphatic heterocycles. The summed E-state index contributed by atoms with van der Waals surface area (Å²) in [6.45, 7) is 3.09. The van der Waals surface area contributed by atoms with Gasteiger partial charge in [0.1, 0.15) is 11.9 Å². The zero-order chi connectivity index (χ0) is 29.0. The number of carbonyl (C=O) groups is 2. The van der Waals surface area contributed by atoms with Gasteiger partial charge in [-0.3, -0.25) is 9.59 Å². The number of nitrogens with zero attached hydrogens (tertiary/aromatic N) is 4. The lowest BCUT2D eigenvalue weighted by atomic mass is 10.0. The van der Waals surface area contributed by atoms with Gasteiger partial charge in [0.2, 0.25) is 11.9 Å². The molecule has 1 aliphatic rings. The zero-order valence-corrected chi connectivity index (χ0v) is 22.8. The number of hydrogen-bond acceptors (Lipinski definition) is 8. The molecule has 0 radical (unpaired) electrons. The van der Waals surface area contributed by atoms with E-state index in [0.717, 1.165) is 11.8 Å². The first-order valence-electron chi connectivity index (χ1n) is 12.3. The number of amidine groups is 1. The maximum atomic E-state index is 13.9. The summed E-state index contributed by atoms with van der Waals surface area (Å²) in [5, 5.41) is 27.0. The van der Waals surface area contributed by atoms with Crippen LogP contribution in [0.3, 0.4) is 0 Å². The SMILES string of the molecule is CN/N=C(\C=N)Nc1ncc(Cl)c(-c2ccc3c(c2)C(=O)N([C@H](C)C(=O)N[C@H](CO)c2cc(C)cc(F)c2)C3)n1. The van der Waals surface area contributed by atoms with Crippen molar-refractivity contribution in [3.05, 3.63) is 75.7 Å². The first-order valence-corrected chi connectivity index (χ1v) is 12.7. The molecule has 2 aromatic carbocycles. The zero-order valence-electron chi connectivity index (χ0n) is 22.0. The van der Waals surface area contributed by atoms with Crippen LogP contribution >= 0.6 is 11.6 Å². The van der Waals surface area contributed by atoms with Gasteiger partial charge < -0.3 is 31.5 Å². The number of fused-ring (bicyclic) bond motifs is 1. The normalized spacial score (nSPS) is 14.4. The van der Waals surface area contributed by atoms with Gasteiger partial charge in [0, 0.05) is 24.7 Å². The summed E-state index contributed by atoms with van der Waals surface area (Å²) >= 11 is 6.37. The van der Waals surface area contributed by atoms with Gasteiger partial charge in [-0.05, 0) is 48.7 Å². The number of carbonyl (C=O) groups excluding carboxylic acids is 2. The van der Waals surface area contributed by atoms with Crippen LogP contribution in [0.5, 0.6) is 0 Å². The first-order chi connectivity index (χ1) is 19.1. The van der Waals surface area contributed by atoms with E-state index in [1.54, 1.807) is 45.2 Å². The van der Waals surface area contributed by atoms with E-state index in [4.69, 9.17) is 17.0 Å². The third-order valence-corrected chi connectivity index (χ3v) is 6.66. The number of aryl methyl sites for hydroxylation is 1. The number of aromatic nitrogens is 2. The minimum Gasteiger partial charge on any atom is -0.394 e. The van der Waals surface area contributed by atoms with Crippen LogP contribution < -0.4 is 16.1 Å². The third kappa shape index (κ3) is 6.08. The van der Waals surface area contributed by atoms with Crippen LogP contribution in [0.1, 0.15) is 40.0 Å². The van der Waals surface area contributed by atoms with E-state index in [2.05, 4.69) is 31.1 Å². The summed E-state index contributed by atoms with van der Waals surface area (Å²) < 4.78 is 13.9. The number of aliphatic hydroxyl groups is 1. The predicted octanol–water partition coefficient (Wildman–Crippen LogP) is 3.03. The van der Waals surface area contributed by atoms with Crippen molar-refractivity contribution in [2.24, 2.45) is 5.10 Å². The molecule has 2 heterocycles. The number of aliphatic hydroxyl groups excluding tert-OH is 1. The highest BCUT2D eigenvalue weighted by Crippen LogP contribution is 2.32. The molecule has 4 rings (SSSR count). The maximum absolute atomic E-state index is 13.9. The van der Waals surface area contributed by atoms with Gasteiger partial charge in [-0.15, -0.1) is 0 Å². The number of halogens is 2. The van der Waals surface area contributed by atoms with Crippen LogP contribution in [0.25, 0.3) is 11.3 Å². The standard InChI is InChI=1S/C27H28ClFN8O3/c1-14-6-18(8-19(29)7-14)22(13-38)33-25(39)15(2)37-12-17-5-4-16(9-20(17)26(37)40)24-21(28)11-32-27(35-24)34-23(10-30)36-31-3/h4-11,15,22,30-31,38H,12-13H2,1-3H3,(H,33,39)(H,32,34,35,36)/t15-,22-/m1/s1. The average molecular weight is 567 g/mol. The average Bonchev–Trinajstić information content (AvgIpc) is 3.26. The molecular formula is C27H28ClFN8O3. The van der Waals surface area contributed by atoms with E-state index in [1.165, 1.54) is 23.2 Å². The van der Waals surface area contributed by atoms with Gasteiger partial charge in [-0.25, -0.2) is 14.4 Å². The van der Waals surface area contributed by atoms with Crippen LogP contribution in [0.2, 0.25) is 5.02 Å². The molecule has 5 N–H and O–H groups in total. The molecule has 0 spiro atoms. The summed E-state index contributed by atoms with van der Waals surface area (Å²) in [7, 11) is 1.59. The van der Waals surface area contributed by atoms with Crippen LogP contribution in [-0.2, 0) is 11.3 Å². The molecular weight excluding hydrogens is 539 g/mol.